The number of aromatic carboxylic acids is 1. The monoisotopic (exact) mass is 291 g/mol. The van der Waals surface area contributed by atoms with Crippen molar-refractivity contribution in [3.8, 4) is 5.75 Å². The first kappa shape index (κ1) is 14.4. The van der Waals surface area contributed by atoms with E-state index in [9.17, 15) is 19.3 Å². The number of nitrogens with zero attached hydrogens (tertiary/aromatic N) is 1. The van der Waals surface area contributed by atoms with Crippen molar-refractivity contribution < 1.29 is 24.0 Å². The summed E-state index contributed by atoms with van der Waals surface area (Å²) in [5, 5.41) is 20.0. The van der Waals surface area contributed by atoms with Crippen molar-refractivity contribution in [2.45, 2.75) is 6.61 Å². The number of halogens is 1. The van der Waals surface area contributed by atoms with Gasteiger partial charge in [0, 0.05) is 11.6 Å². The van der Waals surface area contributed by atoms with Crippen molar-refractivity contribution in [2.75, 3.05) is 0 Å². The van der Waals surface area contributed by atoms with E-state index in [1.54, 1.807) is 0 Å². The minimum absolute atomic E-state index is 0.168. The molecule has 2 rings (SSSR count). The topological polar surface area (TPSA) is 89.7 Å². The van der Waals surface area contributed by atoms with E-state index < -0.39 is 28.0 Å². The molecule has 0 spiro atoms. The van der Waals surface area contributed by atoms with Crippen molar-refractivity contribution in [3.63, 3.8) is 0 Å². The highest BCUT2D eigenvalue weighted by Crippen LogP contribution is 2.24. The number of benzene rings is 2. The van der Waals surface area contributed by atoms with Crippen LogP contribution in [0.15, 0.2) is 42.5 Å². The Hall–Kier alpha value is -2.96. The maximum absolute atomic E-state index is 12.8. The number of carbonyl (C=O) groups is 1. The van der Waals surface area contributed by atoms with Gasteiger partial charge >= 0.3 is 5.97 Å². The smallest absolute Gasteiger partial charge is 0.343 e. The number of nitro benzene ring substituents is 1. The molecule has 0 saturated carbocycles. The first-order valence-electron chi connectivity index (χ1n) is 5.87. The summed E-state index contributed by atoms with van der Waals surface area (Å²) in [5.41, 5.74) is -0.742. The Balaban J connectivity index is 2.27. The average Bonchev–Trinajstić information content (AvgIpc) is 2.46. The zero-order chi connectivity index (χ0) is 15.4. The molecule has 21 heavy (non-hydrogen) atoms. The highest BCUT2D eigenvalue weighted by Gasteiger charge is 2.23. The molecule has 0 heterocycles. The van der Waals surface area contributed by atoms with Gasteiger partial charge in [-0.1, -0.05) is 12.1 Å². The van der Waals surface area contributed by atoms with Crippen molar-refractivity contribution in [3.05, 3.63) is 69.5 Å². The van der Waals surface area contributed by atoms with Crippen LogP contribution in [0.3, 0.4) is 0 Å². The van der Waals surface area contributed by atoms with Crippen molar-refractivity contribution >= 4 is 11.7 Å². The van der Waals surface area contributed by atoms with Crippen LogP contribution in [0.4, 0.5) is 10.1 Å². The quantitative estimate of drug-likeness (QED) is 0.675. The summed E-state index contributed by atoms with van der Waals surface area (Å²) in [6.07, 6.45) is 0. The minimum atomic E-state index is -1.40. The van der Waals surface area contributed by atoms with Crippen molar-refractivity contribution in [1.29, 1.82) is 0 Å². The highest BCUT2D eigenvalue weighted by atomic mass is 19.1. The Kier molecular flexibility index (Phi) is 4.13. The summed E-state index contributed by atoms with van der Waals surface area (Å²) in [6.45, 7) is -0.172. The fourth-order valence-corrected chi connectivity index (χ4v) is 1.80. The summed E-state index contributed by atoms with van der Waals surface area (Å²) in [5.74, 6) is -1.50. The average molecular weight is 291 g/mol. The Morgan fingerprint density at radius 3 is 2.48 bits per heavy atom. The van der Waals surface area contributed by atoms with Crippen LogP contribution in [-0.4, -0.2) is 16.0 Å². The zero-order valence-corrected chi connectivity index (χ0v) is 10.7. The van der Waals surface area contributed by atoms with Gasteiger partial charge in [0.2, 0.25) is 0 Å². The lowest BCUT2D eigenvalue weighted by Crippen LogP contribution is -2.09. The van der Waals surface area contributed by atoms with Crippen LogP contribution in [0.1, 0.15) is 15.9 Å². The van der Waals surface area contributed by atoms with E-state index in [2.05, 4.69) is 0 Å². The molecule has 2 aromatic carbocycles. The van der Waals surface area contributed by atoms with Gasteiger partial charge in [0.25, 0.3) is 5.69 Å². The lowest BCUT2D eigenvalue weighted by atomic mass is 10.1. The van der Waals surface area contributed by atoms with Crippen LogP contribution < -0.4 is 4.74 Å². The van der Waals surface area contributed by atoms with Gasteiger partial charge in [-0.3, -0.25) is 10.1 Å². The molecule has 1 N–H and O–H groups in total. The van der Waals surface area contributed by atoms with Crippen LogP contribution >= 0.6 is 0 Å². The van der Waals surface area contributed by atoms with Crippen molar-refractivity contribution in [1.82, 2.24) is 0 Å². The molecular weight excluding hydrogens is 281 g/mol. The zero-order valence-electron chi connectivity index (χ0n) is 10.7. The van der Waals surface area contributed by atoms with Crippen LogP contribution in [0.2, 0.25) is 0 Å². The minimum Gasteiger partial charge on any atom is -0.489 e. The second-order valence-electron chi connectivity index (χ2n) is 4.12. The fraction of sp³-hybridized carbons (Fsp3) is 0.0714. The second-order valence-corrected chi connectivity index (χ2v) is 4.12. The molecule has 7 heteroatoms. The number of carboxylic acid groups (broad SMARTS) is 1. The van der Waals surface area contributed by atoms with E-state index in [1.807, 2.05) is 0 Å². The molecule has 0 unspecified atom stereocenters. The third-order valence-electron chi connectivity index (χ3n) is 2.75. The molecule has 0 fully saturated rings. The standard InChI is InChI=1S/C14H10FNO5/c15-10-4-6-11(7-5-10)21-8-9-2-1-3-12(16(19)20)13(9)14(17)18/h1-7H,8H2,(H,17,18). The van der Waals surface area contributed by atoms with Crippen LogP contribution in [0, 0.1) is 15.9 Å². The van der Waals surface area contributed by atoms with Gasteiger partial charge in [-0.15, -0.1) is 0 Å². The van der Waals surface area contributed by atoms with Crippen LogP contribution in [0.25, 0.3) is 0 Å². The number of rotatable bonds is 5. The largest absolute Gasteiger partial charge is 0.489 e. The molecule has 0 bridgehead atoms. The molecular formula is C14H10FNO5. The molecule has 0 amide bonds. The van der Waals surface area contributed by atoms with Gasteiger partial charge in [0.1, 0.15) is 23.7 Å². The van der Waals surface area contributed by atoms with Crippen LogP contribution in [-0.2, 0) is 6.61 Å². The molecule has 0 atom stereocenters. The number of ether oxygens (including phenoxy) is 1. The van der Waals surface area contributed by atoms with E-state index in [4.69, 9.17) is 9.84 Å². The number of nitro groups is 1. The summed E-state index contributed by atoms with van der Waals surface area (Å²) in [4.78, 5) is 21.3. The normalized spacial score (nSPS) is 10.1. The third kappa shape index (κ3) is 3.33. The summed E-state index contributed by atoms with van der Waals surface area (Å²) in [6, 6.07) is 9.08. The fourth-order valence-electron chi connectivity index (χ4n) is 1.80. The third-order valence-corrected chi connectivity index (χ3v) is 2.75. The predicted octanol–water partition coefficient (Wildman–Crippen LogP) is 3.01. The van der Waals surface area contributed by atoms with E-state index in [-0.39, 0.29) is 12.2 Å². The van der Waals surface area contributed by atoms with Gasteiger partial charge < -0.3 is 9.84 Å². The first-order valence-corrected chi connectivity index (χ1v) is 5.87. The van der Waals surface area contributed by atoms with E-state index in [0.717, 1.165) is 6.07 Å². The molecule has 6 nitrogen and oxygen atoms in total. The first-order chi connectivity index (χ1) is 9.99. The lowest BCUT2D eigenvalue weighted by Gasteiger charge is -2.09. The molecule has 0 radical (unpaired) electrons. The van der Waals surface area contributed by atoms with Gasteiger partial charge in [-0.05, 0) is 24.3 Å². The van der Waals surface area contributed by atoms with Crippen LogP contribution in [0.5, 0.6) is 5.75 Å². The molecule has 0 aromatic heterocycles. The number of hydrogen-bond acceptors (Lipinski definition) is 4. The Labute approximate surface area is 118 Å². The highest BCUT2D eigenvalue weighted by molar-refractivity contribution is 5.94. The molecule has 0 aliphatic carbocycles. The molecule has 2 aromatic rings. The van der Waals surface area contributed by atoms with E-state index in [1.165, 1.54) is 36.4 Å². The second kappa shape index (κ2) is 6.00. The molecule has 0 aliphatic heterocycles. The molecule has 0 aliphatic rings. The van der Waals surface area contributed by atoms with Gasteiger partial charge in [0.05, 0.1) is 4.92 Å². The van der Waals surface area contributed by atoms with Crippen molar-refractivity contribution in [2.24, 2.45) is 0 Å². The van der Waals surface area contributed by atoms with Gasteiger partial charge in [-0.2, -0.15) is 0 Å². The molecule has 108 valence electrons. The maximum atomic E-state index is 12.8. The summed E-state index contributed by atoms with van der Waals surface area (Å²) >= 11 is 0. The van der Waals surface area contributed by atoms with E-state index >= 15 is 0 Å². The van der Waals surface area contributed by atoms with E-state index in [0.29, 0.717) is 5.75 Å². The maximum Gasteiger partial charge on any atom is 0.343 e. The summed E-state index contributed by atoms with van der Waals surface area (Å²) in [7, 11) is 0. The van der Waals surface area contributed by atoms with Gasteiger partial charge in [0.15, 0.2) is 0 Å². The SMILES string of the molecule is O=C(O)c1c(COc2ccc(F)cc2)cccc1[N+](=O)[O-]. The number of hydrogen-bond donors (Lipinski definition) is 1. The Morgan fingerprint density at radius 1 is 1.24 bits per heavy atom. The number of carboxylic acids is 1. The summed E-state index contributed by atoms with van der Waals surface area (Å²) < 4.78 is 18.1. The Morgan fingerprint density at radius 2 is 1.90 bits per heavy atom. The Bertz CT molecular complexity index is 684. The van der Waals surface area contributed by atoms with Gasteiger partial charge in [-0.25, -0.2) is 9.18 Å². The lowest BCUT2D eigenvalue weighted by molar-refractivity contribution is -0.385. The molecule has 0 saturated heterocycles. The predicted molar refractivity (Wildman–Crippen MR) is 70.8 cm³/mol.